The number of nitrogens with one attached hydrogen (secondary N) is 2. The maximum Gasteiger partial charge on any atom is 0.261 e. The molecule has 1 aliphatic rings. The molecule has 0 heterocycles. The first kappa shape index (κ1) is 22.1. The highest BCUT2D eigenvalue weighted by Gasteiger charge is 2.19. The third-order valence-electron chi connectivity index (χ3n) is 6.10. The van der Waals surface area contributed by atoms with Crippen molar-refractivity contribution in [2.45, 2.75) is 50.5 Å². The molecule has 1 unspecified atom stereocenters. The first-order valence-electron chi connectivity index (χ1n) is 11.0. The molecule has 5 nitrogen and oxygen atoms in total. The Balaban J connectivity index is 1.52. The topological polar surface area (TPSA) is 75.3 Å². The summed E-state index contributed by atoms with van der Waals surface area (Å²) in [6, 6.07) is 19.6. The molecule has 3 aromatic carbocycles. The van der Waals surface area contributed by atoms with Gasteiger partial charge in [0.15, 0.2) is 0 Å². The molecule has 6 heteroatoms. The maximum absolute atomic E-state index is 13.0. The molecule has 32 heavy (non-hydrogen) atoms. The number of rotatable bonds is 6. The smallest absolute Gasteiger partial charge is 0.261 e. The lowest BCUT2D eigenvalue weighted by Crippen LogP contribution is -2.28. The standard InChI is InChI=1S/C26H28N2O3S/c1-18-24(13-8-14-25(18)28-32(30,31)23-11-4-3-5-12-23)26(29)27-19(2)21-16-15-20-9-6-7-10-22(20)17-21/h3-5,8,11-17,19,28H,6-7,9-10H2,1-2H3,(H,27,29). The van der Waals surface area contributed by atoms with Crippen molar-refractivity contribution in [2.24, 2.45) is 0 Å². The van der Waals surface area contributed by atoms with Gasteiger partial charge in [-0.1, -0.05) is 42.5 Å². The van der Waals surface area contributed by atoms with E-state index in [2.05, 4.69) is 28.2 Å². The molecule has 0 spiro atoms. The average Bonchev–Trinajstić information content (AvgIpc) is 2.80. The SMILES string of the molecule is Cc1c(NS(=O)(=O)c2ccccc2)cccc1C(=O)NC(C)c1ccc2c(c1)CCCC2. The van der Waals surface area contributed by atoms with Crippen LogP contribution in [0.25, 0.3) is 0 Å². The van der Waals surface area contributed by atoms with E-state index >= 15 is 0 Å². The van der Waals surface area contributed by atoms with E-state index in [0.29, 0.717) is 16.8 Å². The molecule has 0 saturated heterocycles. The fourth-order valence-electron chi connectivity index (χ4n) is 4.18. The minimum Gasteiger partial charge on any atom is -0.346 e. The highest BCUT2D eigenvalue weighted by molar-refractivity contribution is 7.92. The summed E-state index contributed by atoms with van der Waals surface area (Å²) < 4.78 is 28.0. The lowest BCUT2D eigenvalue weighted by Gasteiger charge is -2.21. The van der Waals surface area contributed by atoms with Gasteiger partial charge in [-0.15, -0.1) is 0 Å². The van der Waals surface area contributed by atoms with Crippen LogP contribution in [0.15, 0.2) is 71.6 Å². The van der Waals surface area contributed by atoms with E-state index in [1.54, 1.807) is 43.3 Å². The predicted molar refractivity (Wildman–Crippen MR) is 127 cm³/mol. The number of carbonyl (C=O) groups is 1. The molecular formula is C26H28N2O3S. The van der Waals surface area contributed by atoms with E-state index in [1.165, 1.54) is 36.1 Å². The Morgan fingerprint density at radius 1 is 0.906 bits per heavy atom. The number of hydrogen-bond donors (Lipinski definition) is 2. The van der Waals surface area contributed by atoms with Crippen LogP contribution in [0.5, 0.6) is 0 Å². The van der Waals surface area contributed by atoms with Crippen molar-refractivity contribution >= 4 is 21.6 Å². The van der Waals surface area contributed by atoms with Crippen LogP contribution < -0.4 is 10.0 Å². The number of fused-ring (bicyclic) bond motifs is 1. The second kappa shape index (κ2) is 9.17. The summed E-state index contributed by atoms with van der Waals surface area (Å²) >= 11 is 0. The van der Waals surface area contributed by atoms with Crippen molar-refractivity contribution in [3.63, 3.8) is 0 Å². The zero-order valence-electron chi connectivity index (χ0n) is 18.4. The third-order valence-corrected chi connectivity index (χ3v) is 7.48. The second-order valence-electron chi connectivity index (χ2n) is 8.33. The van der Waals surface area contributed by atoms with Crippen LogP contribution >= 0.6 is 0 Å². The van der Waals surface area contributed by atoms with Gasteiger partial charge in [0.05, 0.1) is 16.6 Å². The lowest BCUT2D eigenvalue weighted by molar-refractivity contribution is 0.0939. The van der Waals surface area contributed by atoms with Crippen molar-refractivity contribution < 1.29 is 13.2 Å². The molecule has 166 valence electrons. The minimum absolute atomic E-state index is 0.154. The van der Waals surface area contributed by atoms with Gasteiger partial charge in [-0.2, -0.15) is 0 Å². The van der Waals surface area contributed by atoms with Gasteiger partial charge in [-0.3, -0.25) is 9.52 Å². The molecule has 0 radical (unpaired) electrons. The van der Waals surface area contributed by atoms with Gasteiger partial charge in [0.25, 0.3) is 15.9 Å². The molecule has 1 atom stereocenters. The molecule has 1 aliphatic carbocycles. The Morgan fingerprint density at radius 3 is 2.38 bits per heavy atom. The van der Waals surface area contributed by atoms with Crippen LogP contribution in [0.1, 0.15) is 58.4 Å². The predicted octanol–water partition coefficient (Wildman–Crippen LogP) is 5.17. The van der Waals surface area contributed by atoms with Crippen molar-refractivity contribution in [3.8, 4) is 0 Å². The van der Waals surface area contributed by atoms with Gasteiger partial charge in [-0.05, 0) is 86.1 Å². The average molecular weight is 449 g/mol. The normalized spacial score (nSPS) is 14.3. The summed E-state index contributed by atoms with van der Waals surface area (Å²) in [5.74, 6) is -0.228. The van der Waals surface area contributed by atoms with Crippen molar-refractivity contribution in [1.29, 1.82) is 0 Å². The molecule has 0 bridgehead atoms. The number of benzene rings is 3. The molecule has 0 saturated carbocycles. The monoisotopic (exact) mass is 448 g/mol. The number of amides is 1. The number of sulfonamides is 1. The van der Waals surface area contributed by atoms with E-state index < -0.39 is 10.0 Å². The second-order valence-corrected chi connectivity index (χ2v) is 10.0. The summed E-state index contributed by atoms with van der Waals surface area (Å²) in [5.41, 5.74) is 5.29. The number of carbonyl (C=O) groups excluding carboxylic acids is 1. The summed E-state index contributed by atoms with van der Waals surface area (Å²) in [7, 11) is -3.73. The Labute approximate surface area is 189 Å². The largest absolute Gasteiger partial charge is 0.346 e. The molecule has 0 aromatic heterocycles. The molecule has 0 aliphatic heterocycles. The van der Waals surface area contributed by atoms with E-state index in [0.717, 1.165) is 18.4 Å². The van der Waals surface area contributed by atoms with Crippen LogP contribution in [0.3, 0.4) is 0 Å². The van der Waals surface area contributed by atoms with Crippen molar-refractivity contribution in [3.05, 3.63) is 94.5 Å². The number of aryl methyl sites for hydroxylation is 2. The molecule has 1 amide bonds. The molecular weight excluding hydrogens is 420 g/mol. The van der Waals surface area contributed by atoms with Crippen LogP contribution in [-0.4, -0.2) is 14.3 Å². The summed E-state index contributed by atoms with van der Waals surface area (Å²) in [4.78, 5) is 13.2. The Kier molecular flexibility index (Phi) is 6.33. The van der Waals surface area contributed by atoms with Gasteiger partial charge in [-0.25, -0.2) is 8.42 Å². The zero-order chi connectivity index (χ0) is 22.7. The lowest BCUT2D eigenvalue weighted by atomic mass is 9.89. The highest BCUT2D eigenvalue weighted by Crippen LogP contribution is 2.26. The van der Waals surface area contributed by atoms with Gasteiger partial charge in [0, 0.05) is 5.56 Å². The van der Waals surface area contributed by atoms with E-state index in [-0.39, 0.29) is 16.8 Å². The third kappa shape index (κ3) is 4.70. The zero-order valence-corrected chi connectivity index (χ0v) is 19.2. The highest BCUT2D eigenvalue weighted by atomic mass is 32.2. The number of anilines is 1. The van der Waals surface area contributed by atoms with Gasteiger partial charge >= 0.3 is 0 Å². The molecule has 0 fully saturated rings. The van der Waals surface area contributed by atoms with Crippen LogP contribution in [0.2, 0.25) is 0 Å². The van der Waals surface area contributed by atoms with Crippen LogP contribution in [-0.2, 0) is 22.9 Å². The summed E-state index contributed by atoms with van der Waals surface area (Å²) in [6.45, 7) is 3.72. The summed E-state index contributed by atoms with van der Waals surface area (Å²) in [6.07, 6.45) is 4.66. The maximum atomic E-state index is 13.0. The summed E-state index contributed by atoms with van der Waals surface area (Å²) in [5, 5.41) is 3.07. The molecule has 4 rings (SSSR count). The Bertz CT molecular complexity index is 1240. The van der Waals surface area contributed by atoms with Gasteiger partial charge in [0.1, 0.15) is 0 Å². The van der Waals surface area contributed by atoms with Crippen LogP contribution in [0.4, 0.5) is 5.69 Å². The van der Waals surface area contributed by atoms with Crippen molar-refractivity contribution in [2.75, 3.05) is 4.72 Å². The molecule has 3 aromatic rings. The Hall–Kier alpha value is -3.12. The Morgan fingerprint density at radius 2 is 1.62 bits per heavy atom. The van der Waals surface area contributed by atoms with Gasteiger partial charge in [0.2, 0.25) is 0 Å². The first-order valence-corrected chi connectivity index (χ1v) is 12.4. The fraction of sp³-hybridized carbons (Fsp3) is 0.269. The van der Waals surface area contributed by atoms with E-state index in [9.17, 15) is 13.2 Å². The fourth-order valence-corrected chi connectivity index (χ4v) is 5.32. The van der Waals surface area contributed by atoms with E-state index in [1.807, 2.05) is 6.92 Å². The first-order chi connectivity index (χ1) is 15.3. The quantitative estimate of drug-likeness (QED) is 0.547. The number of hydrogen-bond acceptors (Lipinski definition) is 3. The minimum atomic E-state index is -3.73. The van der Waals surface area contributed by atoms with Gasteiger partial charge < -0.3 is 5.32 Å². The van der Waals surface area contributed by atoms with Crippen LogP contribution in [0, 0.1) is 6.92 Å². The van der Waals surface area contributed by atoms with E-state index in [4.69, 9.17) is 0 Å². The molecule has 2 N–H and O–H groups in total. The van der Waals surface area contributed by atoms with Crippen molar-refractivity contribution in [1.82, 2.24) is 5.32 Å².